The monoisotopic (exact) mass is 310 g/mol. The number of carbonyl (C=O) groups is 2. The second-order valence-corrected chi connectivity index (χ2v) is 6.02. The van der Waals surface area contributed by atoms with Crippen molar-refractivity contribution in [1.29, 1.82) is 0 Å². The van der Waals surface area contributed by atoms with Crippen LogP contribution in [0.5, 0.6) is 0 Å². The van der Waals surface area contributed by atoms with Gasteiger partial charge in [-0.05, 0) is 11.8 Å². The molecule has 0 aromatic heterocycles. The largest absolute Gasteiger partial charge is 0.481 e. The Bertz CT molecular complexity index is 379. The van der Waals surface area contributed by atoms with E-state index in [1.165, 1.54) is 0 Å². The van der Waals surface area contributed by atoms with Crippen LogP contribution in [0.1, 0.15) is 53.4 Å². The van der Waals surface area contributed by atoms with Crippen LogP contribution in [-0.4, -0.2) is 34.2 Å². The molecule has 2 N–H and O–H groups in total. The van der Waals surface area contributed by atoms with E-state index >= 15 is 0 Å². The zero-order valence-corrected chi connectivity index (χ0v) is 13.7. The van der Waals surface area contributed by atoms with E-state index in [4.69, 9.17) is 23.4 Å². The number of nitrogens with zero attached hydrogens (tertiary/aromatic N) is 2. The van der Waals surface area contributed by atoms with E-state index < -0.39 is 11.9 Å². The predicted octanol–water partition coefficient (Wildman–Crippen LogP) is 3.59. The second kappa shape index (κ2) is 12.6. The molecule has 6 nitrogen and oxygen atoms in total. The van der Waals surface area contributed by atoms with Crippen molar-refractivity contribution in [2.24, 2.45) is 11.8 Å². The molecule has 0 radical (unpaired) electrons. The van der Waals surface area contributed by atoms with E-state index in [0.717, 1.165) is 0 Å². The number of carboxylic acids is 2. The van der Waals surface area contributed by atoms with E-state index in [1.807, 2.05) is 27.7 Å². The molecule has 0 spiro atoms. The van der Waals surface area contributed by atoms with Crippen molar-refractivity contribution in [2.75, 3.05) is 0 Å². The minimum absolute atomic E-state index is 0.0261. The van der Waals surface area contributed by atoms with Gasteiger partial charge < -0.3 is 19.9 Å². The zero-order chi connectivity index (χ0) is 17.7. The summed E-state index contributed by atoms with van der Waals surface area (Å²) in [5, 5.41) is 16.8. The lowest BCUT2D eigenvalue weighted by atomic mass is 10.0. The van der Waals surface area contributed by atoms with Crippen molar-refractivity contribution in [1.82, 2.24) is 0 Å². The van der Waals surface area contributed by atoms with Gasteiger partial charge >= 0.3 is 11.9 Å². The Morgan fingerprint density at radius 3 is 1.23 bits per heavy atom. The Morgan fingerprint density at radius 1 is 0.818 bits per heavy atom. The lowest BCUT2D eigenvalue weighted by Crippen LogP contribution is -2.11. The van der Waals surface area contributed by atoms with Crippen LogP contribution >= 0.6 is 0 Å². The van der Waals surface area contributed by atoms with Gasteiger partial charge in [0.1, 0.15) is 12.8 Å². The lowest BCUT2D eigenvalue weighted by molar-refractivity contribution is -0.138. The average molecular weight is 310 g/mol. The maximum absolute atomic E-state index is 10.2. The Balaban J connectivity index is 0. The summed E-state index contributed by atoms with van der Waals surface area (Å²) < 4.78 is 0. The quantitative estimate of drug-likeness (QED) is 0.671. The van der Waals surface area contributed by atoms with Crippen LogP contribution in [0, 0.1) is 25.0 Å². The number of rotatable bonds is 8. The van der Waals surface area contributed by atoms with E-state index in [0.29, 0.717) is 24.7 Å². The second-order valence-electron chi connectivity index (χ2n) is 6.02. The summed E-state index contributed by atoms with van der Waals surface area (Å²) >= 11 is 0. The van der Waals surface area contributed by atoms with Gasteiger partial charge in [0.2, 0.25) is 12.1 Å². The third-order valence-corrected chi connectivity index (χ3v) is 2.67. The molecule has 0 rings (SSSR count). The molecule has 6 heteroatoms. The van der Waals surface area contributed by atoms with Gasteiger partial charge in [0.15, 0.2) is 0 Å². The van der Waals surface area contributed by atoms with E-state index in [1.54, 1.807) is 0 Å². The Kier molecular flexibility index (Phi) is 12.8. The van der Waals surface area contributed by atoms with Gasteiger partial charge in [-0.2, -0.15) is 0 Å². The van der Waals surface area contributed by atoms with Gasteiger partial charge in [-0.1, -0.05) is 27.7 Å². The zero-order valence-electron chi connectivity index (χ0n) is 13.7. The van der Waals surface area contributed by atoms with Crippen molar-refractivity contribution in [3.8, 4) is 0 Å². The predicted molar refractivity (Wildman–Crippen MR) is 84.2 cm³/mol. The van der Waals surface area contributed by atoms with Crippen LogP contribution in [0.4, 0.5) is 0 Å². The van der Waals surface area contributed by atoms with Crippen LogP contribution < -0.4 is 0 Å². The Hall–Kier alpha value is -2.08. The molecule has 124 valence electrons. The van der Waals surface area contributed by atoms with Gasteiger partial charge in [0.05, 0.1) is 0 Å². The third-order valence-electron chi connectivity index (χ3n) is 2.67. The molecule has 2 atom stereocenters. The van der Waals surface area contributed by atoms with Crippen LogP contribution in [0.2, 0.25) is 0 Å². The SMILES string of the molecule is [C-]#[N+][C@@H](CC(=O)O)CC(C)C.[C-]#[N+][C@H](CC(=O)O)CC(C)C. The maximum Gasteiger partial charge on any atom is 0.311 e. The minimum atomic E-state index is -0.883. The molecule has 0 unspecified atom stereocenters. The van der Waals surface area contributed by atoms with Crippen LogP contribution in [-0.2, 0) is 9.59 Å². The first kappa shape index (κ1) is 22.2. The Labute approximate surface area is 132 Å². The molecule has 0 heterocycles. The fraction of sp³-hybridized carbons (Fsp3) is 0.750. The molecule has 0 aliphatic heterocycles. The fourth-order valence-electron chi connectivity index (χ4n) is 1.85. The summed E-state index contributed by atoms with van der Waals surface area (Å²) in [5.41, 5.74) is 0. The smallest absolute Gasteiger partial charge is 0.311 e. The van der Waals surface area contributed by atoms with Gasteiger partial charge in [-0.3, -0.25) is 9.59 Å². The highest BCUT2D eigenvalue weighted by molar-refractivity contribution is 5.68. The highest BCUT2D eigenvalue weighted by Crippen LogP contribution is 2.11. The number of carboxylic acid groups (broad SMARTS) is 2. The molecular formula is C16H26N2O4. The summed E-state index contributed by atoms with van der Waals surface area (Å²) in [5.74, 6) is -0.972. The summed E-state index contributed by atoms with van der Waals surface area (Å²) in [6.07, 6.45) is 1.30. The van der Waals surface area contributed by atoms with E-state index in [2.05, 4.69) is 9.69 Å². The molecule has 0 bridgehead atoms. The van der Waals surface area contributed by atoms with Crippen molar-refractivity contribution in [3.63, 3.8) is 0 Å². The summed E-state index contributed by atoms with van der Waals surface area (Å²) in [7, 11) is 0. The van der Waals surface area contributed by atoms with Crippen molar-refractivity contribution < 1.29 is 19.8 Å². The molecule has 22 heavy (non-hydrogen) atoms. The molecule has 0 aliphatic carbocycles. The Morgan fingerprint density at radius 2 is 1.09 bits per heavy atom. The lowest BCUT2D eigenvalue weighted by Gasteiger charge is -2.04. The molecular weight excluding hydrogens is 284 g/mol. The molecule has 0 saturated heterocycles. The first-order chi connectivity index (χ1) is 10.1. The molecule has 0 aliphatic rings. The first-order valence-electron chi connectivity index (χ1n) is 7.29. The number of aliphatic carboxylic acids is 2. The average Bonchev–Trinajstić information content (AvgIpc) is 2.35. The summed E-state index contributed by atoms with van der Waals surface area (Å²) in [4.78, 5) is 26.9. The molecule has 0 saturated carbocycles. The topological polar surface area (TPSA) is 83.3 Å². The third kappa shape index (κ3) is 16.0. The van der Waals surface area contributed by atoms with Crippen molar-refractivity contribution >= 4 is 11.9 Å². The molecule has 0 fully saturated rings. The van der Waals surface area contributed by atoms with Gasteiger partial charge in [0.25, 0.3) is 0 Å². The highest BCUT2D eigenvalue weighted by atomic mass is 16.4. The van der Waals surface area contributed by atoms with E-state index in [-0.39, 0.29) is 24.9 Å². The standard InChI is InChI=1S/2C8H13NO2/c2*1-6(2)4-7(9-3)5-8(10)11/h2*6-7H,4-5H2,1-2H3,(H,10,11)/t2*7-/m10/s1. The molecule has 0 amide bonds. The number of hydrogen-bond donors (Lipinski definition) is 2. The highest BCUT2D eigenvalue weighted by Gasteiger charge is 2.18. The first-order valence-corrected chi connectivity index (χ1v) is 7.29. The van der Waals surface area contributed by atoms with E-state index in [9.17, 15) is 9.59 Å². The van der Waals surface area contributed by atoms with Crippen LogP contribution in [0.15, 0.2) is 0 Å². The molecule has 0 aromatic rings. The maximum atomic E-state index is 10.2. The van der Waals surface area contributed by atoms with Crippen LogP contribution in [0.3, 0.4) is 0 Å². The van der Waals surface area contributed by atoms with Crippen LogP contribution in [0.25, 0.3) is 9.69 Å². The fourth-order valence-corrected chi connectivity index (χ4v) is 1.85. The van der Waals surface area contributed by atoms with Gasteiger partial charge in [-0.25, -0.2) is 13.1 Å². The van der Waals surface area contributed by atoms with Gasteiger partial charge in [-0.15, -0.1) is 0 Å². The molecule has 0 aromatic carbocycles. The number of hydrogen-bond acceptors (Lipinski definition) is 2. The minimum Gasteiger partial charge on any atom is -0.481 e. The van der Waals surface area contributed by atoms with Gasteiger partial charge in [0, 0.05) is 12.8 Å². The normalized spacial score (nSPS) is 12.5. The summed E-state index contributed by atoms with van der Waals surface area (Å²) in [6, 6.07) is -0.681. The summed E-state index contributed by atoms with van der Waals surface area (Å²) in [6.45, 7) is 21.4. The van der Waals surface area contributed by atoms with Crippen molar-refractivity contribution in [3.05, 3.63) is 22.8 Å². The van der Waals surface area contributed by atoms with Crippen molar-refractivity contribution in [2.45, 2.75) is 65.5 Å².